The summed E-state index contributed by atoms with van der Waals surface area (Å²) in [6.07, 6.45) is 0. The molecule has 0 aliphatic carbocycles. The maximum absolute atomic E-state index is 9.85. The van der Waals surface area contributed by atoms with E-state index in [1.807, 2.05) is 28.8 Å². The van der Waals surface area contributed by atoms with Crippen LogP contribution < -0.4 is 0 Å². The number of fused-ring (bicyclic) bond motifs is 3. The van der Waals surface area contributed by atoms with E-state index in [0.29, 0.717) is 5.69 Å². The van der Waals surface area contributed by atoms with E-state index in [1.54, 1.807) is 12.1 Å². The second-order valence-electron chi connectivity index (χ2n) is 5.37. The first-order valence-corrected chi connectivity index (χ1v) is 8.54. The maximum atomic E-state index is 9.85. The molecule has 1 heterocycles. The van der Waals surface area contributed by atoms with Crippen LogP contribution in [0.2, 0.25) is 0 Å². The highest BCUT2D eigenvalue weighted by atomic mass is 79.9. The van der Waals surface area contributed by atoms with Crippen LogP contribution in [-0.4, -0.2) is 14.8 Å². The van der Waals surface area contributed by atoms with E-state index in [2.05, 4.69) is 44.0 Å². The fourth-order valence-corrected chi connectivity index (χ4v) is 3.65. The largest absolute Gasteiger partial charge is 0.508 e. The molecule has 0 fully saturated rings. The highest BCUT2D eigenvalue weighted by Crippen LogP contribution is 2.36. The fraction of sp³-hybridized carbons (Fsp3) is 0. The predicted octanol–water partition coefficient (Wildman–Crippen LogP) is 5.72. The van der Waals surface area contributed by atoms with Crippen molar-refractivity contribution in [2.24, 2.45) is 0 Å². The van der Waals surface area contributed by atoms with E-state index < -0.39 is 0 Å². The van der Waals surface area contributed by atoms with Crippen LogP contribution >= 0.6 is 31.9 Å². The van der Waals surface area contributed by atoms with Crippen LogP contribution in [0.25, 0.3) is 27.5 Å². The number of aromatic hydroxyl groups is 2. The van der Waals surface area contributed by atoms with Gasteiger partial charge in [-0.25, -0.2) is 0 Å². The molecular weight excluding hydrogens is 422 g/mol. The van der Waals surface area contributed by atoms with Crippen molar-refractivity contribution in [3.63, 3.8) is 0 Å². The lowest BCUT2D eigenvalue weighted by Crippen LogP contribution is -1.93. The number of rotatable bonds is 1. The van der Waals surface area contributed by atoms with Gasteiger partial charge in [0, 0.05) is 37.9 Å². The molecule has 0 spiro atoms. The summed E-state index contributed by atoms with van der Waals surface area (Å²) < 4.78 is 3.97. The van der Waals surface area contributed by atoms with Crippen molar-refractivity contribution in [3.8, 4) is 17.2 Å². The lowest BCUT2D eigenvalue weighted by molar-refractivity contribution is 0.450. The van der Waals surface area contributed by atoms with Gasteiger partial charge in [0.05, 0.1) is 16.7 Å². The lowest BCUT2D eigenvalue weighted by atomic mass is 10.2. The van der Waals surface area contributed by atoms with Crippen molar-refractivity contribution in [2.75, 3.05) is 0 Å². The van der Waals surface area contributed by atoms with E-state index in [0.717, 1.165) is 30.8 Å². The highest BCUT2D eigenvalue weighted by molar-refractivity contribution is 9.10. The summed E-state index contributed by atoms with van der Waals surface area (Å²) in [5, 5.41) is 21.9. The van der Waals surface area contributed by atoms with Crippen molar-refractivity contribution in [2.45, 2.75) is 0 Å². The van der Waals surface area contributed by atoms with Gasteiger partial charge in [-0.05, 0) is 24.3 Å². The monoisotopic (exact) mass is 431 g/mol. The van der Waals surface area contributed by atoms with E-state index in [-0.39, 0.29) is 11.5 Å². The molecule has 0 amide bonds. The normalized spacial score (nSPS) is 11.4. The number of benzene rings is 3. The van der Waals surface area contributed by atoms with Crippen LogP contribution in [0.4, 0.5) is 0 Å². The second-order valence-corrected chi connectivity index (χ2v) is 7.20. The van der Waals surface area contributed by atoms with Crippen LogP contribution in [0.1, 0.15) is 0 Å². The molecular formula is C18H11Br2NO2. The van der Waals surface area contributed by atoms with Crippen molar-refractivity contribution in [1.29, 1.82) is 0 Å². The Balaban J connectivity index is 2.21. The van der Waals surface area contributed by atoms with Gasteiger partial charge < -0.3 is 14.8 Å². The SMILES string of the molecule is Oc1cc(O)cc(-n2c3cc(Br)ccc3c3ccc(Br)cc32)c1. The van der Waals surface area contributed by atoms with E-state index >= 15 is 0 Å². The molecule has 5 heteroatoms. The molecule has 0 unspecified atom stereocenters. The number of hydrogen-bond donors (Lipinski definition) is 2. The van der Waals surface area contributed by atoms with Crippen LogP contribution in [0.5, 0.6) is 11.5 Å². The lowest BCUT2D eigenvalue weighted by Gasteiger charge is -2.09. The Morgan fingerprint density at radius 3 is 1.61 bits per heavy atom. The standard InChI is InChI=1S/C18H11Br2NO2/c19-10-1-3-15-16-4-2-11(20)6-18(16)21(17(15)5-10)12-7-13(22)9-14(23)8-12/h1-9,22-23H. The molecule has 0 aliphatic heterocycles. The molecule has 4 rings (SSSR count). The Hall–Kier alpha value is -1.98. The summed E-state index contributed by atoms with van der Waals surface area (Å²) in [6, 6.07) is 16.8. The minimum atomic E-state index is 0.0278. The van der Waals surface area contributed by atoms with Crippen molar-refractivity contribution in [3.05, 3.63) is 63.5 Å². The summed E-state index contributed by atoms with van der Waals surface area (Å²) in [5.41, 5.74) is 2.70. The molecule has 0 saturated heterocycles. The number of phenolic OH excluding ortho intramolecular Hbond substituents is 2. The fourth-order valence-electron chi connectivity index (χ4n) is 2.95. The molecule has 2 N–H and O–H groups in total. The Kier molecular flexibility index (Phi) is 3.36. The number of phenols is 2. The quantitative estimate of drug-likeness (QED) is 0.404. The molecule has 1 aromatic heterocycles. The molecule has 0 saturated carbocycles. The molecule has 0 atom stereocenters. The van der Waals surface area contributed by atoms with E-state index in [4.69, 9.17) is 0 Å². The Bertz CT molecular complexity index is 990. The zero-order chi connectivity index (χ0) is 16.1. The van der Waals surface area contributed by atoms with Crippen LogP contribution in [0, 0.1) is 0 Å². The topological polar surface area (TPSA) is 45.4 Å². The van der Waals surface area contributed by atoms with Gasteiger partial charge in [0.15, 0.2) is 0 Å². The van der Waals surface area contributed by atoms with Crippen LogP contribution in [0.3, 0.4) is 0 Å². The first-order chi connectivity index (χ1) is 11.0. The van der Waals surface area contributed by atoms with Gasteiger partial charge in [0.2, 0.25) is 0 Å². The predicted molar refractivity (Wildman–Crippen MR) is 99.5 cm³/mol. The first kappa shape index (κ1) is 14.6. The summed E-state index contributed by atoms with van der Waals surface area (Å²) in [4.78, 5) is 0. The molecule has 0 radical (unpaired) electrons. The molecule has 3 aromatic carbocycles. The minimum absolute atomic E-state index is 0.0278. The minimum Gasteiger partial charge on any atom is -0.508 e. The Labute approximate surface area is 149 Å². The summed E-state index contributed by atoms with van der Waals surface area (Å²) in [6.45, 7) is 0. The van der Waals surface area contributed by atoms with Crippen molar-refractivity contribution < 1.29 is 10.2 Å². The molecule has 114 valence electrons. The average Bonchev–Trinajstić information content (AvgIpc) is 2.78. The van der Waals surface area contributed by atoms with E-state index in [1.165, 1.54) is 6.07 Å². The molecule has 4 aromatic rings. The van der Waals surface area contributed by atoms with Gasteiger partial charge in [-0.2, -0.15) is 0 Å². The third-order valence-electron chi connectivity index (χ3n) is 3.84. The van der Waals surface area contributed by atoms with Gasteiger partial charge in [-0.1, -0.05) is 44.0 Å². The average molecular weight is 433 g/mol. The van der Waals surface area contributed by atoms with Gasteiger partial charge in [-0.15, -0.1) is 0 Å². The summed E-state index contributed by atoms with van der Waals surface area (Å²) in [7, 11) is 0. The van der Waals surface area contributed by atoms with Crippen molar-refractivity contribution >= 4 is 53.7 Å². The zero-order valence-corrected chi connectivity index (χ0v) is 15.0. The van der Waals surface area contributed by atoms with Gasteiger partial charge >= 0.3 is 0 Å². The third kappa shape index (κ3) is 2.40. The number of halogens is 2. The van der Waals surface area contributed by atoms with Gasteiger partial charge in [0.1, 0.15) is 11.5 Å². The summed E-state index contributed by atoms with van der Waals surface area (Å²) >= 11 is 7.04. The number of nitrogens with zero attached hydrogens (tertiary/aromatic N) is 1. The van der Waals surface area contributed by atoms with Gasteiger partial charge in [0.25, 0.3) is 0 Å². The highest BCUT2D eigenvalue weighted by Gasteiger charge is 2.14. The summed E-state index contributed by atoms with van der Waals surface area (Å²) in [5.74, 6) is 0.0555. The first-order valence-electron chi connectivity index (χ1n) is 6.95. The van der Waals surface area contributed by atoms with Crippen LogP contribution in [-0.2, 0) is 0 Å². The molecule has 23 heavy (non-hydrogen) atoms. The Morgan fingerprint density at radius 2 is 1.13 bits per heavy atom. The van der Waals surface area contributed by atoms with Crippen molar-refractivity contribution in [1.82, 2.24) is 4.57 Å². The second kappa shape index (κ2) is 5.28. The zero-order valence-electron chi connectivity index (χ0n) is 11.8. The molecule has 0 bridgehead atoms. The third-order valence-corrected chi connectivity index (χ3v) is 4.82. The van der Waals surface area contributed by atoms with Crippen LogP contribution in [0.15, 0.2) is 63.5 Å². The number of aromatic nitrogens is 1. The smallest absolute Gasteiger partial charge is 0.121 e. The Morgan fingerprint density at radius 1 is 0.652 bits per heavy atom. The van der Waals surface area contributed by atoms with Gasteiger partial charge in [-0.3, -0.25) is 0 Å². The molecule has 3 nitrogen and oxygen atoms in total. The number of hydrogen-bond acceptors (Lipinski definition) is 2. The van der Waals surface area contributed by atoms with E-state index in [9.17, 15) is 10.2 Å². The molecule has 0 aliphatic rings. The maximum Gasteiger partial charge on any atom is 0.121 e.